The van der Waals surface area contributed by atoms with Crippen LogP contribution in [0.5, 0.6) is 0 Å². The van der Waals surface area contributed by atoms with Crippen LogP contribution in [0.2, 0.25) is 0 Å². The molecule has 1 aliphatic rings. The highest BCUT2D eigenvalue weighted by Gasteiger charge is 2.22. The number of nitrogens with one attached hydrogen (secondary N) is 1. The summed E-state index contributed by atoms with van der Waals surface area (Å²) in [6.07, 6.45) is 3.76. The van der Waals surface area contributed by atoms with Crippen LogP contribution in [0.3, 0.4) is 0 Å². The van der Waals surface area contributed by atoms with Crippen LogP contribution in [0.4, 0.5) is 0 Å². The maximum Gasteiger partial charge on any atom is 0.313 e. The molecule has 1 aromatic heterocycles. The molecule has 2 rings (SSSR count). The molecule has 5 nitrogen and oxygen atoms in total. The highest BCUT2D eigenvalue weighted by Crippen LogP contribution is 2.27. The Morgan fingerprint density at radius 3 is 3.20 bits per heavy atom. The molecule has 1 aliphatic heterocycles. The fourth-order valence-electron chi connectivity index (χ4n) is 1.68. The zero-order valence-electron chi connectivity index (χ0n) is 8.56. The van der Waals surface area contributed by atoms with Gasteiger partial charge in [0.15, 0.2) is 0 Å². The summed E-state index contributed by atoms with van der Waals surface area (Å²) in [5, 5.41) is 8.82. The van der Waals surface area contributed by atoms with Crippen LogP contribution in [0.1, 0.15) is 43.3 Å². The van der Waals surface area contributed by atoms with E-state index in [0.717, 1.165) is 25.1 Å². The van der Waals surface area contributed by atoms with E-state index in [4.69, 9.17) is 9.84 Å². The van der Waals surface area contributed by atoms with E-state index in [1.165, 1.54) is 0 Å². The van der Waals surface area contributed by atoms with E-state index in [1.54, 1.807) is 13.1 Å². The molecule has 1 saturated heterocycles. The lowest BCUT2D eigenvalue weighted by Gasteiger charge is -2.06. The van der Waals surface area contributed by atoms with Gasteiger partial charge in [-0.15, -0.1) is 0 Å². The average molecular weight is 210 g/mol. The van der Waals surface area contributed by atoms with Crippen molar-refractivity contribution >= 4 is 5.97 Å². The van der Waals surface area contributed by atoms with Crippen LogP contribution in [0.25, 0.3) is 0 Å². The summed E-state index contributed by atoms with van der Waals surface area (Å²) in [6.45, 7) is 2.38. The van der Waals surface area contributed by atoms with Crippen LogP contribution in [-0.2, 0) is 9.53 Å². The predicted octanol–water partition coefficient (Wildman–Crippen LogP) is 1.45. The molecule has 0 aliphatic carbocycles. The predicted molar refractivity (Wildman–Crippen MR) is 52.6 cm³/mol. The number of aromatic nitrogens is 2. The molecule has 0 aromatic carbocycles. The molecule has 2 unspecified atom stereocenters. The van der Waals surface area contributed by atoms with Crippen LogP contribution >= 0.6 is 0 Å². The standard InChI is InChI=1S/C10H14N2O3/c1-6(10(13)14)9-11-5-7(12-9)8-3-2-4-15-8/h5-6,8H,2-4H2,1H3,(H,11,12)(H,13,14). The maximum atomic E-state index is 10.7. The Balaban J connectivity index is 2.12. The SMILES string of the molecule is CC(C(=O)O)c1ncc(C2CCCO2)[nH]1. The minimum atomic E-state index is -0.872. The minimum absolute atomic E-state index is 0.0623. The number of rotatable bonds is 3. The molecular formula is C10H14N2O3. The topological polar surface area (TPSA) is 75.2 Å². The summed E-state index contributed by atoms with van der Waals surface area (Å²) in [7, 11) is 0. The number of carboxylic acid groups (broad SMARTS) is 1. The Labute approximate surface area is 87.5 Å². The van der Waals surface area contributed by atoms with Crippen molar-refractivity contribution in [1.82, 2.24) is 9.97 Å². The number of nitrogens with zero attached hydrogens (tertiary/aromatic N) is 1. The number of H-pyrrole nitrogens is 1. The van der Waals surface area contributed by atoms with Crippen molar-refractivity contribution in [3.63, 3.8) is 0 Å². The van der Waals surface area contributed by atoms with E-state index in [-0.39, 0.29) is 6.10 Å². The van der Waals surface area contributed by atoms with E-state index in [2.05, 4.69) is 9.97 Å². The number of aromatic amines is 1. The molecule has 2 heterocycles. The van der Waals surface area contributed by atoms with Gasteiger partial charge < -0.3 is 14.8 Å². The first-order valence-corrected chi connectivity index (χ1v) is 5.07. The molecule has 0 amide bonds. The van der Waals surface area contributed by atoms with Gasteiger partial charge in [0.1, 0.15) is 11.7 Å². The second kappa shape index (κ2) is 4.02. The third-order valence-electron chi connectivity index (χ3n) is 2.67. The molecular weight excluding hydrogens is 196 g/mol. The molecule has 15 heavy (non-hydrogen) atoms. The Morgan fingerprint density at radius 1 is 1.80 bits per heavy atom. The van der Waals surface area contributed by atoms with Crippen LogP contribution in [-0.4, -0.2) is 27.7 Å². The van der Waals surface area contributed by atoms with Gasteiger partial charge in [0.2, 0.25) is 0 Å². The van der Waals surface area contributed by atoms with Gasteiger partial charge in [-0.1, -0.05) is 0 Å². The summed E-state index contributed by atoms with van der Waals surface area (Å²) < 4.78 is 5.47. The number of carbonyl (C=O) groups is 1. The van der Waals surface area contributed by atoms with Gasteiger partial charge in [0.05, 0.1) is 18.0 Å². The second-order valence-electron chi connectivity index (χ2n) is 3.79. The maximum absolute atomic E-state index is 10.7. The molecule has 5 heteroatoms. The molecule has 2 N–H and O–H groups in total. The lowest BCUT2D eigenvalue weighted by atomic mass is 10.2. The van der Waals surface area contributed by atoms with Crippen molar-refractivity contribution in [2.45, 2.75) is 31.8 Å². The number of aliphatic carboxylic acids is 1. The van der Waals surface area contributed by atoms with Crippen molar-refractivity contribution in [1.29, 1.82) is 0 Å². The van der Waals surface area contributed by atoms with Gasteiger partial charge in [-0.2, -0.15) is 0 Å². The van der Waals surface area contributed by atoms with Gasteiger partial charge >= 0.3 is 5.97 Å². The molecule has 82 valence electrons. The monoisotopic (exact) mass is 210 g/mol. The zero-order valence-corrected chi connectivity index (χ0v) is 8.56. The number of carboxylic acids is 1. The van der Waals surface area contributed by atoms with E-state index < -0.39 is 11.9 Å². The van der Waals surface area contributed by atoms with Gasteiger partial charge in [-0.25, -0.2) is 4.98 Å². The highest BCUT2D eigenvalue weighted by molar-refractivity contribution is 5.74. The Bertz CT molecular complexity index is 355. The Morgan fingerprint density at radius 2 is 2.60 bits per heavy atom. The first-order chi connectivity index (χ1) is 7.18. The fourth-order valence-corrected chi connectivity index (χ4v) is 1.68. The summed E-state index contributed by atoms with van der Waals surface area (Å²) in [4.78, 5) is 17.8. The third kappa shape index (κ3) is 2.02. The number of hydrogen-bond acceptors (Lipinski definition) is 3. The Kier molecular flexibility index (Phi) is 2.73. The normalized spacial score (nSPS) is 22.9. The van der Waals surface area contributed by atoms with Crippen molar-refractivity contribution in [2.24, 2.45) is 0 Å². The van der Waals surface area contributed by atoms with E-state index in [9.17, 15) is 4.79 Å². The first kappa shape index (κ1) is 10.2. The van der Waals surface area contributed by atoms with Crippen LogP contribution in [0, 0.1) is 0 Å². The number of imidazole rings is 1. The minimum Gasteiger partial charge on any atom is -0.481 e. The van der Waals surface area contributed by atoms with Crippen LogP contribution in [0.15, 0.2) is 6.20 Å². The molecule has 2 atom stereocenters. The summed E-state index contributed by atoms with van der Waals surface area (Å²) in [5.41, 5.74) is 0.885. The largest absolute Gasteiger partial charge is 0.481 e. The second-order valence-corrected chi connectivity index (χ2v) is 3.79. The fraction of sp³-hybridized carbons (Fsp3) is 0.600. The first-order valence-electron chi connectivity index (χ1n) is 5.07. The lowest BCUT2D eigenvalue weighted by molar-refractivity contribution is -0.138. The molecule has 1 aromatic rings. The van der Waals surface area contributed by atoms with Crippen LogP contribution < -0.4 is 0 Å². The van der Waals surface area contributed by atoms with Crippen molar-refractivity contribution < 1.29 is 14.6 Å². The van der Waals surface area contributed by atoms with Gasteiger partial charge in [-0.3, -0.25) is 4.79 Å². The molecule has 0 bridgehead atoms. The average Bonchev–Trinajstić information content (AvgIpc) is 2.86. The smallest absolute Gasteiger partial charge is 0.313 e. The highest BCUT2D eigenvalue weighted by atomic mass is 16.5. The zero-order chi connectivity index (χ0) is 10.8. The number of hydrogen-bond donors (Lipinski definition) is 2. The summed E-state index contributed by atoms with van der Waals surface area (Å²) in [6, 6.07) is 0. The van der Waals surface area contributed by atoms with Gasteiger partial charge in [-0.05, 0) is 19.8 Å². The van der Waals surface area contributed by atoms with Gasteiger partial charge in [0.25, 0.3) is 0 Å². The summed E-state index contributed by atoms with van der Waals surface area (Å²) >= 11 is 0. The van der Waals surface area contributed by atoms with Crippen molar-refractivity contribution in [3.05, 3.63) is 17.7 Å². The lowest BCUT2D eigenvalue weighted by Crippen LogP contribution is -2.09. The van der Waals surface area contributed by atoms with Gasteiger partial charge in [0, 0.05) is 6.61 Å². The summed E-state index contributed by atoms with van der Waals surface area (Å²) in [5.74, 6) is -0.976. The third-order valence-corrected chi connectivity index (χ3v) is 2.67. The quantitative estimate of drug-likeness (QED) is 0.791. The molecule has 1 fully saturated rings. The number of ether oxygens (including phenoxy) is 1. The Hall–Kier alpha value is -1.36. The van der Waals surface area contributed by atoms with Crippen molar-refractivity contribution in [2.75, 3.05) is 6.61 Å². The van der Waals surface area contributed by atoms with E-state index in [1.807, 2.05) is 0 Å². The van der Waals surface area contributed by atoms with Crippen molar-refractivity contribution in [3.8, 4) is 0 Å². The molecule has 0 spiro atoms. The van der Waals surface area contributed by atoms with E-state index in [0.29, 0.717) is 5.82 Å². The molecule has 0 radical (unpaired) electrons. The van der Waals surface area contributed by atoms with E-state index >= 15 is 0 Å². The molecule has 0 saturated carbocycles.